The number of hydrogen-bond donors (Lipinski definition) is 2. The van der Waals surface area contributed by atoms with Crippen molar-refractivity contribution < 1.29 is 18.7 Å². The third-order valence-electron chi connectivity index (χ3n) is 6.94. The first-order chi connectivity index (χ1) is 17.2. The number of rotatable bonds is 4. The van der Waals surface area contributed by atoms with Gasteiger partial charge in [0.15, 0.2) is 6.61 Å². The van der Waals surface area contributed by atoms with Gasteiger partial charge in [-0.25, -0.2) is 4.39 Å². The van der Waals surface area contributed by atoms with E-state index in [2.05, 4.69) is 10.6 Å². The molecular formula is C27H20Cl2FN3O3. The van der Waals surface area contributed by atoms with Gasteiger partial charge in [-0.1, -0.05) is 35.3 Å². The minimum atomic E-state index is -1.39. The molecule has 5 rings (SSSR count). The van der Waals surface area contributed by atoms with E-state index in [4.69, 9.17) is 33.2 Å². The zero-order valence-corrected chi connectivity index (χ0v) is 20.6. The van der Waals surface area contributed by atoms with Crippen molar-refractivity contribution in [2.24, 2.45) is 0 Å². The van der Waals surface area contributed by atoms with Gasteiger partial charge in [-0.3, -0.25) is 9.59 Å². The molecule has 1 saturated heterocycles. The van der Waals surface area contributed by atoms with Gasteiger partial charge in [-0.15, -0.1) is 0 Å². The molecule has 0 unspecified atom stereocenters. The Morgan fingerprint density at radius 3 is 2.61 bits per heavy atom. The highest BCUT2D eigenvalue weighted by Gasteiger charge is 2.61. The molecule has 0 radical (unpaired) electrons. The molecule has 0 aliphatic carbocycles. The molecule has 2 amide bonds. The first kappa shape index (κ1) is 24.1. The average molecular weight is 524 g/mol. The van der Waals surface area contributed by atoms with Crippen molar-refractivity contribution in [2.45, 2.75) is 30.7 Å². The summed E-state index contributed by atoms with van der Waals surface area (Å²) in [6.07, 6.45) is -0.0659. The molecule has 2 aliphatic heterocycles. The van der Waals surface area contributed by atoms with E-state index in [0.29, 0.717) is 43.7 Å². The quantitative estimate of drug-likeness (QED) is 0.467. The lowest BCUT2D eigenvalue weighted by Crippen LogP contribution is -2.57. The van der Waals surface area contributed by atoms with Crippen molar-refractivity contribution in [3.05, 3.63) is 92.7 Å². The summed E-state index contributed by atoms with van der Waals surface area (Å²) < 4.78 is 20.2. The molecule has 9 heteroatoms. The van der Waals surface area contributed by atoms with Crippen molar-refractivity contribution in [3.8, 4) is 11.8 Å². The molecule has 3 aromatic rings. The molecule has 2 heterocycles. The maximum absolute atomic E-state index is 14.5. The number of anilines is 1. The highest BCUT2D eigenvalue weighted by Crippen LogP contribution is 2.59. The SMILES string of the molecule is Cc1ccc(F)cc1[C@@H]1NC(=O)C[C@H](c2cc(Cl)ccc2OCC#N)[C@@]12C(=O)Nc1cc(Cl)ccc12. The van der Waals surface area contributed by atoms with Crippen LogP contribution in [-0.2, 0) is 15.0 Å². The molecule has 2 aliphatic rings. The van der Waals surface area contributed by atoms with Crippen molar-refractivity contribution in [1.29, 1.82) is 5.26 Å². The highest BCUT2D eigenvalue weighted by molar-refractivity contribution is 6.31. The number of benzene rings is 3. The lowest BCUT2D eigenvalue weighted by atomic mass is 9.59. The molecule has 1 fully saturated rings. The monoisotopic (exact) mass is 523 g/mol. The van der Waals surface area contributed by atoms with E-state index in [9.17, 15) is 14.0 Å². The number of ether oxygens (including phenoxy) is 1. The Balaban J connectivity index is 1.83. The predicted molar refractivity (Wildman–Crippen MR) is 134 cm³/mol. The van der Waals surface area contributed by atoms with E-state index in [-0.39, 0.29) is 24.8 Å². The Morgan fingerprint density at radius 1 is 1.08 bits per heavy atom. The van der Waals surface area contributed by atoms with Crippen LogP contribution in [0.4, 0.5) is 10.1 Å². The Labute approximate surface area is 217 Å². The molecular weight excluding hydrogens is 504 g/mol. The molecule has 3 aromatic carbocycles. The molecule has 3 atom stereocenters. The number of hydrogen-bond acceptors (Lipinski definition) is 4. The summed E-state index contributed by atoms with van der Waals surface area (Å²) in [7, 11) is 0. The number of carbonyl (C=O) groups is 2. The van der Waals surface area contributed by atoms with Crippen molar-refractivity contribution in [3.63, 3.8) is 0 Å². The number of fused-ring (bicyclic) bond motifs is 2. The van der Waals surface area contributed by atoms with Gasteiger partial charge in [0.05, 0.1) is 6.04 Å². The summed E-state index contributed by atoms with van der Waals surface area (Å²) >= 11 is 12.6. The minimum Gasteiger partial charge on any atom is -0.478 e. The predicted octanol–water partition coefficient (Wildman–Crippen LogP) is 5.58. The van der Waals surface area contributed by atoms with Gasteiger partial charge in [-0.05, 0) is 66.1 Å². The fourth-order valence-electron chi connectivity index (χ4n) is 5.48. The molecule has 0 aromatic heterocycles. The largest absolute Gasteiger partial charge is 0.478 e. The lowest BCUT2D eigenvalue weighted by molar-refractivity contribution is -0.131. The first-order valence-electron chi connectivity index (χ1n) is 11.2. The van der Waals surface area contributed by atoms with Gasteiger partial charge in [0, 0.05) is 33.6 Å². The van der Waals surface area contributed by atoms with Gasteiger partial charge in [0.25, 0.3) is 0 Å². The second-order valence-electron chi connectivity index (χ2n) is 8.90. The third kappa shape index (κ3) is 3.78. The molecule has 182 valence electrons. The summed E-state index contributed by atoms with van der Waals surface area (Å²) in [6.45, 7) is 1.57. The second-order valence-corrected chi connectivity index (χ2v) is 9.77. The van der Waals surface area contributed by atoms with Crippen LogP contribution >= 0.6 is 23.2 Å². The molecule has 2 N–H and O–H groups in total. The van der Waals surface area contributed by atoms with Crippen molar-refractivity contribution in [2.75, 3.05) is 11.9 Å². The molecule has 6 nitrogen and oxygen atoms in total. The maximum atomic E-state index is 14.5. The van der Waals surface area contributed by atoms with Crippen LogP contribution in [-0.4, -0.2) is 18.4 Å². The van der Waals surface area contributed by atoms with E-state index >= 15 is 0 Å². The van der Waals surface area contributed by atoms with Gasteiger partial charge in [0.1, 0.15) is 23.1 Å². The number of aryl methyl sites for hydroxylation is 1. The summed E-state index contributed by atoms with van der Waals surface area (Å²) in [5.74, 6) is -1.60. The Kier molecular flexibility index (Phi) is 6.11. The van der Waals surface area contributed by atoms with Crippen LogP contribution in [0.2, 0.25) is 10.0 Å². The molecule has 0 bridgehead atoms. The standard InChI is InChI=1S/C27H20Cl2FN3O3/c1-14-2-5-17(30)12-18(14)25-27(20-6-3-16(29)11-22(20)32-26(27)35)21(13-24(34)33-25)19-10-15(28)4-7-23(19)36-9-8-31/h2-7,10-12,21,25H,9,13H2,1H3,(H,32,35)(H,33,34)/t21-,25+,27-/m1/s1. The van der Waals surface area contributed by atoms with Crippen LogP contribution < -0.4 is 15.4 Å². The van der Waals surface area contributed by atoms with Crippen LogP contribution in [0, 0.1) is 24.1 Å². The van der Waals surface area contributed by atoms with Gasteiger partial charge in [-0.2, -0.15) is 5.26 Å². The Morgan fingerprint density at radius 2 is 1.83 bits per heavy atom. The number of nitrogens with one attached hydrogen (secondary N) is 2. The molecule has 36 heavy (non-hydrogen) atoms. The van der Waals surface area contributed by atoms with Crippen LogP contribution in [0.3, 0.4) is 0 Å². The third-order valence-corrected chi connectivity index (χ3v) is 7.41. The zero-order valence-electron chi connectivity index (χ0n) is 19.1. The topological polar surface area (TPSA) is 91.2 Å². The van der Waals surface area contributed by atoms with Crippen molar-refractivity contribution >= 4 is 40.7 Å². The van der Waals surface area contributed by atoms with Crippen LogP contribution in [0.15, 0.2) is 54.6 Å². The number of piperidine rings is 1. The summed E-state index contributed by atoms with van der Waals surface area (Å²) in [6, 6.07) is 15.3. The number of amides is 2. The van der Waals surface area contributed by atoms with E-state index in [0.717, 1.165) is 0 Å². The Bertz CT molecular complexity index is 1450. The normalized spacial score (nSPS) is 22.5. The summed E-state index contributed by atoms with van der Waals surface area (Å²) in [5, 5.41) is 15.8. The average Bonchev–Trinajstić information content (AvgIpc) is 3.12. The minimum absolute atomic E-state index is 0.0659. The van der Waals surface area contributed by atoms with Crippen LogP contribution in [0.1, 0.15) is 40.6 Å². The van der Waals surface area contributed by atoms with Crippen LogP contribution in [0.5, 0.6) is 5.75 Å². The maximum Gasteiger partial charge on any atom is 0.238 e. The smallest absolute Gasteiger partial charge is 0.238 e. The van der Waals surface area contributed by atoms with E-state index in [1.54, 1.807) is 49.4 Å². The number of halogens is 3. The van der Waals surface area contributed by atoms with Crippen LogP contribution in [0.25, 0.3) is 0 Å². The fourth-order valence-corrected chi connectivity index (χ4v) is 5.83. The van der Waals surface area contributed by atoms with E-state index in [1.165, 1.54) is 12.1 Å². The summed E-state index contributed by atoms with van der Waals surface area (Å²) in [5.41, 5.74) is 1.43. The van der Waals surface area contributed by atoms with Gasteiger partial charge < -0.3 is 15.4 Å². The second kappa shape index (κ2) is 9.12. The Hall–Kier alpha value is -3.60. The molecule has 0 saturated carbocycles. The van der Waals surface area contributed by atoms with E-state index in [1.807, 2.05) is 6.07 Å². The first-order valence-corrected chi connectivity index (χ1v) is 12.0. The highest BCUT2D eigenvalue weighted by atomic mass is 35.5. The molecule has 1 spiro atoms. The lowest BCUT2D eigenvalue weighted by Gasteiger charge is -2.47. The number of nitriles is 1. The number of carbonyl (C=O) groups excluding carboxylic acids is 2. The zero-order chi connectivity index (χ0) is 25.6. The van der Waals surface area contributed by atoms with Gasteiger partial charge >= 0.3 is 0 Å². The fraction of sp³-hybridized carbons (Fsp3) is 0.222. The van der Waals surface area contributed by atoms with Crippen molar-refractivity contribution in [1.82, 2.24) is 5.32 Å². The number of nitrogens with zero attached hydrogens (tertiary/aromatic N) is 1. The summed E-state index contributed by atoms with van der Waals surface area (Å²) in [4.78, 5) is 27.2. The van der Waals surface area contributed by atoms with E-state index < -0.39 is 23.2 Å². The van der Waals surface area contributed by atoms with Gasteiger partial charge in [0.2, 0.25) is 11.8 Å².